The lowest BCUT2D eigenvalue weighted by Gasteiger charge is -2.38. The second-order valence-electron chi connectivity index (χ2n) is 6.12. The topological polar surface area (TPSA) is 79.8 Å². The highest BCUT2D eigenvalue weighted by molar-refractivity contribution is 5.95. The summed E-state index contributed by atoms with van der Waals surface area (Å²) in [7, 11) is 0. The number of hydrogen-bond acceptors (Lipinski definition) is 6. The smallest absolute Gasteiger partial charge is 0.417 e. The molecule has 120 valence electrons. The Bertz CT molecular complexity index is 832. The molecule has 2 fully saturated rings. The van der Waals surface area contributed by atoms with Gasteiger partial charge in [0.25, 0.3) is 0 Å². The normalized spacial score (nSPS) is 21.6. The highest BCUT2D eigenvalue weighted by atomic mass is 16.6. The molecule has 0 bridgehead atoms. The van der Waals surface area contributed by atoms with Gasteiger partial charge in [0, 0.05) is 31.1 Å². The summed E-state index contributed by atoms with van der Waals surface area (Å²) in [5.41, 5.74) is -0.520. The number of nitrogens with zero attached hydrogens (tertiary/aromatic N) is 3. The van der Waals surface area contributed by atoms with Gasteiger partial charge in [-0.25, -0.2) is 4.79 Å². The van der Waals surface area contributed by atoms with Crippen molar-refractivity contribution in [2.24, 2.45) is 0 Å². The lowest BCUT2D eigenvalue weighted by atomic mass is 10.1. The van der Waals surface area contributed by atoms with E-state index in [4.69, 9.17) is 4.42 Å². The molecule has 2 aliphatic heterocycles. The fourth-order valence-electron chi connectivity index (χ4n) is 3.80. The molecule has 2 aliphatic rings. The van der Waals surface area contributed by atoms with E-state index in [0.29, 0.717) is 35.8 Å². The van der Waals surface area contributed by atoms with E-state index in [1.807, 2.05) is 4.90 Å². The summed E-state index contributed by atoms with van der Waals surface area (Å²) in [5, 5.41) is 12.1. The van der Waals surface area contributed by atoms with Crippen LogP contribution in [0.3, 0.4) is 0 Å². The van der Waals surface area contributed by atoms with Crippen LogP contribution >= 0.6 is 0 Å². The zero-order valence-corrected chi connectivity index (χ0v) is 12.6. The first-order valence-electron chi connectivity index (χ1n) is 7.84. The van der Waals surface area contributed by atoms with Crippen LogP contribution in [0.25, 0.3) is 11.0 Å². The molecule has 0 amide bonds. The van der Waals surface area contributed by atoms with Crippen LogP contribution in [0.4, 0.5) is 11.4 Å². The monoisotopic (exact) mass is 315 g/mol. The van der Waals surface area contributed by atoms with Gasteiger partial charge in [0.15, 0.2) is 0 Å². The van der Waals surface area contributed by atoms with Gasteiger partial charge in [-0.15, -0.1) is 0 Å². The van der Waals surface area contributed by atoms with Crippen LogP contribution in [0, 0.1) is 10.1 Å². The molecule has 4 rings (SSSR count). The highest BCUT2D eigenvalue weighted by Crippen LogP contribution is 2.35. The maximum absolute atomic E-state index is 12.1. The third-order valence-corrected chi connectivity index (χ3v) is 4.85. The van der Waals surface area contributed by atoms with Crippen LogP contribution in [0.15, 0.2) is 33.5 Å². The van der Waals surface area contributed by atoms with E-state index < -0.39 is 16.2 Å². The number of fused-ring (bicyclic) bond motifs is 2. The van der Waals surface area contributed by atoms with E-state index in [1.165, 1.54) is 0 Å². The van der Waals surface area contributed by atoms with Gasteiger partial charge in [-0.1, -0.05) is 12.1 Å². The average molecular weight is 315 g/mol. The van der Waals surface area contributed by atoms with Crippen LogP contribution in [0.1, 0.15) is 12.8 Å². The van der Waals surface area contributed by atoms with Gasteiger partial charge in [0.2, 0.25) is 0 Å². The molecule has 1 aromatic carbocycles. The predicted molar refractivity (Wildman–Crippen MR) is 85.9 cm³/mol. The molecule has 7 heteroatoms. The van der Waals surface area contributed by atoms with Crippen LogP contribution < -0.4 is 10.5 Å². The standard InChI is InChI=1S/C16H17N3O4/c20-16-15(19(21)22)14(12-5-1-2-6-13(12)23-16)18-9-8-17-7-3-4-11(17)10-18/h1-2,5-6,11H,3-4,7-10H2/t11-/m0/s1. The first-order chi connectivity index (χ1) is 11.1. The van der Waals surface area contributed by atoms with E-state index in [2.05, 4.69) is 4.90 Å². The molecule has 0 saturated carbocycles. The maximum atomic E-state index is 12.1. The van der Waals surface area contributed by atoms with Gasteiger partial charge in [0.1, 0.15) is 11.3 Å². The fraction of sp³-hybridized carbons (Fsp3) is 0.438. The zero-order valence-electron chi connectivity index (χ0n) is 12.6. The van der Waals surface area contributed by atoms with Crippen LogP contribution in [0.2, 0.25) is 0 Å². The average Bonchev–Trinajstić information content (AvgIpc) is 3.00. The number of nitro groups is 1. The molecule has 23 heavy (non-hydrogen) atoms. The van der Waals surface area contributed by atoms with Crippen LogP contribution in [-0.2, 0) is 0 Å². The Morgan fingerprint density at radius 2 is 2.04 bits per heavy atom. The molecule has 1 aromatic heterocycles. The summed E-state index contributed by atoms with van der Waals surface area (Å²) >= 11 is 0. The SMILES string of the molecule is O=c1oc2ccccc2c(N2CCN3CCC[C@H]3C2)c1[N+](=O)[O-]. The Labute approximate surface area is 132 Å². The second-order valence-corrected chi connectivity index (χ2v) is 6.12. The second kappa shape index (κ2) is 5.34. The van der Waals surface area contributed by atoms with Crippen molar-refractivity contribution in [1.29, 1.82) is 0 Å². The molecule has 0 spiro atoms. The van der Waals surface area contributed by atoms with Gasteiger partial charge in [-0.2, -0.15) is 0 Å². The van der Waals surface area contributed by atoms with Crippen molar-refractivity contribution >= 4 is 22.3 Å². The Balaban J connectivity index is 1.88. The van der Waals surface area contributed by atoms with Crippen molar-refractivity contribution in [3.8, 4) is 0 Å². The quantitative estimate of drug-likeness (QED) is 0.479. The van der Waals surface area contributed by atoms with Crippen molar-refractivity contribution in [1.82, 2.24) is 4.90 Å². The maximum Gasteiger partial charge on any atom is 0.417 e. The van der Waals surface area contributed by atoms with E-state index in [-0.39, 0.29) is 0 Å². The minimum atomic E-state index is -0.877. The highest BCUT2D eigenvalue weighted by Gasteiger charge is 2.35. The van der Waals surface area contributed by atoms with E-state index in [9.17, 15) is 14.9 Å². The molecular formula is C16H17N3O4. The van der Waals surface area contributed by atoms with E-state index >= 15 is 0 Å². The predicted octanol–water partition coefficient (Wildman–Crippen LogP) is 1.99. The van der Waals surface area contributed by atoms with Gasteiger partial charge >= 0.3 is 11.3 Å². The van der Waals surface area contributed by atoms with E-state index in [1.54, 1.807) is 24.3 Å². The Kier molecular flexibility index (Phi) is 3.30. The van der Waals surface area contributed by atoms with Crippen molar-refractivity contribution in [3.63, 3.8) is 0 Å². The number of rotatable bonds is 2. The van der Waals surface area contributed by atoms with Gasteiger partial charge in [-0.05, 0) is 31.5 Å². The van der Waals surface area contributed by atoms with Crippen molar-refractivity contribution in [2.45, 2.75) is 18.9 Å². The number of piperazine rings is 1. The third-order valence-electron chi connectivity index (χ3n) is 4.85. The molecule has 3 heterocycles. The number of anilines is 1. The van der Waals surface area contributed by atoms with Gasteiger partial charge in [0.05, 0.1) is 4.92 Å². The number of benzene rings is 1. The molecule has 0 aliphatic carbocycles. The minimum absolute atomic E-state index is 0.395. The first kappa shape index (κ1) is 14.2. The summed E-state index contributed by atoms with van der Waals surface area (Å²) in [6.07, 6.45) is 2.27. The fourth-order valence-corrected chi connectivity index (χ4v) is 3.80. The summed E-state index contributed by atoms with van der Waals surface area (Å²) < 4.78 is 5.14. The lowest BCUT2D eigenvalue weighted by Crippen LogP contribution is -2.50. The molecule has 2 saturated heterocycles. The Hall–Kier alpha value is -2.41. The van der Waals surface area contributed by atoms with Gasteiger partial charge in [-0.3, -0.25) is 15.0 Å². The van der Waals surface area contributed by atoms with Gasteiger partial charge < -0.3 is 9.32 Å². The molecule has 0 radical (unpaired) electrons. The Morgan fingerprint density at radius 1 is 1.22 bits per heavy atom. The van der Waals surface area contributed by atoms with Crippen molar-refractivity contribution in [2.75, 3.05) is 31.1 Å². The number of hydrogen-bond donors (Lipinski definition) is 0. The molecule has 2 aromatic rings. The first-order valence-corrected chi connectivity index (χ1v) is 7.84. The molecule has 1 atom stereocenters. The lowest BCUT2D eigenvalue weighted by molar-refractivity contribution is -0.386. The van der Waals surface area contributed by atoms with E-state index in [0.717, 1.165) is 25.9 Å². The van der Waals surface area contributed by atoms with Crippen molar-refractivity contribution < 1.29 is 9.34 Å². The Morgan fingerprint density at radius 3 is 2.87 bits per heavy atom. The van der Waals surface area contributed by atoms with Crippen LogP contribution in [0.5, 0.6) is 0 Å². The largest absolute Gasteiger partial charge is 0.418 e. The molecule has 7 nitrogen and oxygen atoms in total. The molecular weight excluding hydrogens is 298 g/mol. The molecule has 0 N–H and O–H groups in total. The summed E-state index contributed by atoms with van der Waals surface area (Å²) in [5.74, 6) is 0. The minimum Gasteiger partial charge on any atom is -0.418 e. The zero-order chi connectivity index (χ0) is 16.0. The summed E-state index contributed by atoms with van der Waals surface area (Å²) in [6.45, 7) is 3.37. The third kappa shape index (κ3) is 2.28. The number of para-hydroxylation sites is 1. The van der Waals surface area contributed by atoms with Crippen LogP contribution in [-0.4, -0.2) is 42.0 Å². The van der Waals surface area contributed by atoms with Crippen molar-refractivity contribution in [3.05, 3.63) is 44.8 Å². The molecule has 0 unspecified atom stereocenters. The summed E-state index contributed by atoms with van der Waals surface area (Å²) in [6, 6.07) is 7.43. The summed E-state index contributed by atoms with van der Waals surface area (Å²) in [4.78, 5) is 27.4.